The number of unbranched alkanes of at least 4 members (excludes halogenated alkanes) is 1. The first kappa shape index (κ1) is 32.4. The number of nitrogens with one attached hydrogen (secondary N) is 1. The van der Waals surface area contributed by atoms with Gasteiger partial charge in [0, 0.05) is 30.6 Å². The van der Waals surface area contributed by atoms with E-state index in [0.717, 1.165) is 0 Å². The minimum atomic E-state index is -1.45. The molecule has 46 heavy (non-hydrogen) atoms. The van der Waals surface area contributed by atoms with E-state index in [4.69, 9.17) is 21.1 Å². The topological polar surface area (TPSA) is 125 Å². The lowest BCUT2D eigenvalue weighted by atomic mass is 9.74. The Labute approximate surface area is 280 Å². The molecule has 3 amide bonds. The number of halogens is 2. The number of carbonyl (C=O) groups excluding carboxylic acids is 4. The van der Waals surface area contributed by atoms with Gasteiger partial charge in [-0.05, 0) is 43.0 Å². The zero-order valence-corrected chi connectivity index (χ0v) is 27.4. The van der Waals surface area contributed by atoms with Crippen LogP contribution in [0, 0.1) is 11.8 Å². The van der Waals surface area contributed by atoms with Gasteiger partial charge in [0.05, 0.1) is 23.2 Å². The van der Waals surface area contributed by atoms with Gasteiger partial charge in [0.15, 0.2) is 0 Å². The number of aliphatic hydroxyl groups is 1. The first-order chi connectivity index (χ1) is 22.3. The Bertz CT molecular complexity index is 1570. The third-order valence-corrected chi connectivity index (χ3v) is 10.1. The third kappa shape index (κ3) is 5.90. The molecule has 10 nitrogen and oxygen atoms in total. The molecule has 6 atom stereocenters. The standard InChI is InChI=1S/C34H35BrClN3O7/c35-22-19-34-28-27(29(22)46-34)33(44)45-25(21-11-3-1-4-12-21)20-37-26(41)15-5-2-8-16-38(24-14-7-6-13-23(24)36)32(43)30(34)39(31(28)42)17-9-10-18-40/h1-4,6-8,11-14,19,25,27-30,40H,5,9-10,15-18,20H2,(H,37,41)/b8-2-/t25-,27-,28+,29-,30-,34+/m0/s1. The fourth-order valence-corrected chi connectivity index (χ4v) is 7.92. The average Bonchev–Trinajstić information content (AvgIpc) is 3.64. The first-order valence-electron chi connectivity index (χ1n) is 15.5. The molecule has 5 bridgehead atoms. The second-order valence-corrected chi connectivity index (χ2v) is 13.2. The lowest BCUT2D eigenvalue weighted by molar-refractivity contribution is -0.159. The zero-order chi connectivity index (χ0) is 32.4. The van der Waals surface area contributed by atoms with Crippen molar-refractivity contribution in [3.05, 3.63) is 87.9 Å². The molecule has 6 rings (SSSR count). The highest BCUT2D eigenvalue weighted by Crippen LogP contribution is 2.59. The van der Waals surface area contributed by atoms with Crippen LogP contribution in [0.3, 0.4) is 0 Å². The van der Waals surface area contributed by atoms with Crippen LogP contribution in [-0.2, 0) is 28.7 Å². The van der Waals surface area contributed by atoms with E-state index < -0.39 is 53.5 Å². The van der Waals surface area contributed by atoms with Crippen LogP contribution >= 0.6 is 27.5 Å². The monoisotopic (exact) mass is 711 g/mol. The van der Waals surface area contributed by atoms with Gasteiger partial charge in [-0.3, -0.25) is 19.2 Å². The van der Waals surface area contributed by atoms with Gasteiger partial charge in [0.25, 0.3) is 5.91 Å². The minimum Gasteiger partial charge on any atom is -0.455 e. The van der Waals surface area contributed by atoms with Crippen LogP contribution in [-0.4, -0.2) is 77.7 Å². The smallest absolute Gasteiger partial charge is 0.313 e. The van der Waals surface area contributed by atoms with Crippen LogP contribution in [0.5, 0.6) is 0 Å². The summed E-state index contributed by atoms with van der Waals surface area (Å²) >= 11 is 10.2. The van der Waals surface area contributed by atoms with Crippen LogP contribution in [0.15, 0.2) is 77.3 Å². The van der Waals surface area contributed by atoms with E-state index in [9.17, 15) is 24.3 Å². The van der Waals surface area contributed by atoms with Gasteiger partial charge >= 0.3 is 5.97 Å². The van der Waals surface area contributed by atoms with E-state index >= 15 is 0 Å². The Balaban J connectivity index is 1.45. The number of allylic oxidation sites excluding steroid dienone is 1. The molecule has 0 radical (unpaired) electrons. The maximum absolute atomic E-state index is 14.8. The summed E-state index contributed by atoms with van der Waals surface area (Å²) in [6.07, 6.45) is 5.21. The van der Waals surface area contributed by atoms with Gasteiger partial charge in [-0.25, -0.2) is 0 Å². The van der Waals surface area contributed by atoms with Gasteiger partial charge in [-0.2, -0.15) is 0 Å². The Kier molecular flexibility index (Phi) is 9.65. The lowest BCUT2D eigenvalue weighted by Crippen LogP contribution is -2.56. The van der Waals surface area contributed by atoms with E-state index in [-0.39, 0.29) is 38.6 Å². The van der Waals surface area contributed by atoms with E-state index in [1.54, 1.807) is 36.4 Å². The highest BCUT2D eigenvalue weighted by Gasteiger charge is 2.75. The molecule has 2 saturated heterocycles. The molecule has 4 heterocycles. The van der Waals surface area contributed by atoms with E-state index in [0.29, 0.717) is 40.0 Å². The lowest BCUT2D eigenvalue weighted by Gasteiger charge is -2.36. The minimum absolute atomic E-state index is 0.0476. The van der Waals surface area contributed by atoms with E-state index in [1.165, 1.54) is 9.80 Å². The van der Waals surface area contributed by atoms with Crippen molar-refractivity contribution in [2.75, 3.05) is 31.1 Å². The van der Waals surface area contributed by atoms with Crippen molar-refractivity contribution < 1.29 is 33.8 Å². The van der Waals surface area contributed by atoms with Gasteiger partial charge in [0.2, 0.25) is 11.8 Å². The second kappa shape index (κ2) is 13.7. The Morgan fingerprint density at radius 3 is 2.52 bits per heavy atom. The molecule has 2 aromatic carbocycles. The molecule has 0 aliphatic carbocycles. The van der Waals surface area contributed by atoms with Crippen molar-refractivity contribution in [1.82, 2.24) is 10.2 Å². The molecule has 2 aromatic rings. The van der Waals surface area contributed by atoms with Crippen molar-refractivity contribution >= 4 is 56.9 Å². The largest absolute Gasteiger partial charge is 0.455 e. The summed E-state index contributed by atoms with van der Waals surface area (Å²) in [5, 5.41) is 12.7. The van der Waals surface area contributed by atoms with Gasteiger partial charge in [-0.1, -0.05) is 82.1 Å². The van der Waals surface area contributed by atoms with Crippen LogP contribution < -0.4 is 10.2 Å². The Morgan fingerprint density at radius 2 is 1.76 bits per heavy atom. The van der Waals surface area contributed by atoms with Gasteiger partial charge < -0.3 is 29.7 Å². The Hall–Kier alpha value is -3.51. The molecule has 12 heteroatoms. The summed E-state index contributed by atoms with van der Waals surface area (Å²) in [6, 6.07) is 14.9. The van der Waals surface area contributed by atoms with Crippen molar-refractivity contribution in [3.63, 3.8) is 0 Å². The molecule has 4 aliphatic heterocycles. The zero-order valence-electron chi connectivity index (χ0n) is 25.0. The van der Waals surface area contributed by atoms with Crippen molar-refractivity contribution in [3.8, 4) is 0 Å². The molecular weight excluding hydrogens is 678 g/mol. The van der Waals surface area contributed by atoms with E-state index in [2.05, 4.69) is 21.2 Å². The maximum atomic E-state index is 14.8. The first-order valence-corrected chi connectivity index (χ1v) is 16.6. The average molecular weight is 713 g/mol. The number of para-hydroxylation sites is 1. The van der Waals surface area contributed by atoms with Crippen LogP contribution in [0.2, 0.25) is 5.02 Å². The van der Waals surface area contributed by atoms with Gasteiger partial charge in [-0.15, -0.1) is 0 Å². The van der Waals surface area contributed by atoms with Gasteiger partial charge in [0.1, 0.15) is 29.8 Å². The summed E-state index contributed by atoms with van der Waals surface area (Å²) < 4.78 is 13.2. The number of carbonyl (C=O) groups is 4. The number of anilines is 1. The van der Waals surface area contributed by atoms with Crippen molar-refractivity contribution in [2.45, 2.75) is 49.5 Å². The molecule has 2 N–H and O–H groups in total. The molecular formula is C34H35BrClN3O7. The number of fused-ring (bicyclic) bond motifs is 2. The molecule has 1 spiro atoms. The fraction of sp³-hybridized carbons (Fsp3) is 0.412. The summed E-state index contributed by atoms with van der Waals surface area (Å²) in [4.78, 5) is 59.1. The number of nitrogens with zero attached hydrogens (tertiary/aromatic N) is 2. The van der Waals surface area contributed by atoms with E-state index in [1.807, 2.05) is 36.4 Å². The molecule has 242 valence electrons. The number of ether oxygens (including phenoxy) is 2. The SMILES string of the molecule is O=C1CC/C=C\CN(c2ccccc2Cl)C(=O)[C@@H]2N(CCCCO)C(=O)[C@H]3[C@H](C(=O)O[C@H](c4ccccc4)CN1)[C@H]1O[C@@]23C=C1Br. The molecule has 4 aliphatic rings. The number of esters is 1. The number of amides is 3. The number of rotatable bonds is 6. The summed E-state index contributed by atoms with van der Waals surface area (Å²) in [7, 11) is 0. The quantitative estimate of drug-likeness (QED) is 0.263. The number of hydrogen-bond donors (Lipinski definition) is 2. The summed E-state index contributed by atoms with van der Waals surface area (Å²) in [6.45, 7) is 0.282. The van der Waals surface area contributed by atoms with Crippen LogP contribution in [0.25, 0.3) is 0 Å². The predicted molar refractivity (Wildman–Crippen MR) is 174 cm³/mol. The number of aliphatic hydroxyl groups excluding tert-OH is 1. The molecule has 0 aromatic heterocycles. The molecule has 0 saturated carbocycles. The summed E-state index contributed by atoms with van der Waals surface area (Å²) in [5.41, 5.74) is -0.308. The molecule has 2 fully saturated rings. The van der Waals surface area contributed by atoms with Crippen LogP contribution in [0.1, 0.15) is 37.4 Å². The number of hydrogen-bond acceptors (Lipinski definition) is 7. The highest BCUT2D eigenvalue weighted by molar-refractivity contribution is 9.11. The number of likely N-dealkylation sites (tertiary alicyclic amines) is 1. The van der Waals surface area contributed by atoms with Crippen molar-refractivity contribution in [2.24, 2.45) is 11.8 Å². The normalized spacial score (nSPS) is 30.6. The number of benzene rings is 2. The predicted octanol–water partition coefficient (Wildman–Crippen LogP) is 4.07. The number of cyclic esters (lactones) is 1. The molecule has 0 unspecified atom stereocenters. The van der Waals surface area contributed by atoms with Crippen LogP contribution in [0.4, 0.5) is 5.69 Å². The second-order valence-electron chi connectivity index (χ2n) is 11.8. The van der Waals surface area contributed by atoms with Crippen molar-refractivity contribution in [1.29, 1.82) is 0 Å². The highest BCUT2D eigenvalue weighted by atomic mass is 79.9. The Morgan fingerprint density at radius 1 is 1.00 bits per heavy atom. The summed E-state index contributed by atoms with van der Waals surface area (Å²) in [5.74, 6) is -3.76. The third-order valence-electron chi connectivity index (χ3n) is 9.06. The fourth-order valence-electron chi connectivity index (χ4n) is 6.95. The maximum Gasteiger partial charge on any atom is 0.313 e.